The number of hydrogen-bond acceptors (Lipinski definition) is 14. The molecule has 0 aromatic rings. The minimum Gasteiger partial charge on any atom is -0.481 e. The summed E-state index contributed by atoms with van der Waals surface area (Å²) in [5, 5.41) is 46.5. The third-order valence-electron chi connectivity index (χ3n) is 10.9. The molecule has 69 heavy (non-hydrogen) atoms. The predicted octanol–water partition coefficient (Wildman–Crippen LogP) is -4.06. The lowest BCUT2D eigenvalue weighted by Crippen LogP contribution is -2.62. The summed E-state index contributed by atoms with van der Waals surface area (Å²) in [4.78, 5) is 156. The van der Waals surface area contributed by atoms with Gasteiger partial charge in [-0.1, -0.05) is 41.5 Å². The Morgan fingerprint density at radius 1 is 0.580 bits per heavy atom. The van der Waals surface area contributed by atoms with E-state index in [9.17, 15) is 72.9 Å². The maximum absolute atomic E-state index is 14.0. The summed E-state index contributed by atoms with van der Waals surface area (Å²) in [5.74, 6) is -13.0. The van der Waals surface area contributed by atoms with Crippen molar-refractivity contribution in [2.24, 2.45) is 35.0 Å². The van der Waals surface area contributed by atoms with Gasteiger partial charge < -0.3 is 74.6 Å². The van der Waals surface area contributed by atoms with E-state index in [0.29, 0.717) is 0 Å². The number of carboxylic acids is 2. The number of carbonyl (C=O) groups excluding carboxylic acids is 10. The van der Waals surface area contributed by atoms with Gasteiger partial charge in [0.05, 0.1) is 18.6 Å². The summed E-state index contributed by atoms with van der Waals surface area (Å²) in [5.41, 5.74) is 16.4. The summed E-state index contributed by atoms with van der Waals surface area (Å²) >= 11 is 0. The van der Waals surface area contributed by atoms with E-state index in [1.165, 1.54) is 6.92 Å². The molecule has 1 aliphatic rings. The second-order valence-electron chi connectivity index (χ2n) is 18.4. The molecule has 16 N–H and O–H groups in total. The van der Waals surface area contributed by atoms with E-state index in [0.717, 1.165) is 11.8 Å². The first kappa shape index (κ1) is 60.6. The predicted molar refractivity (Wildman–Crippen MR) is 244 cm³/mol. The summed E-state index contributed by atoms with van der Waals surface area (Å²) in [6.07, 6.45) is -3.56. The quantitative estimate of drug-likeness (QED) is 0.0326. The number of rotatable bonds is 30. The van der Waals surface area contributed by atoms with E-state index >= 15 is 0 Å². The van der Waals surface area contributed by atoms with Crippen LogP contribution >= 0.6 is 0 Å². The standard InChI is InChI=1S/C43H73N11O15/c1-19(2)16-26(49-35(60)24(44)11-13-30(45)56)38(63)50-27(17-20(3)4)37(62)48-25(12-14-31(46)57)36(61)51-28(18-32(58)59)39(64)53-34(23(8)55)42(67)54-15-9-10-29(54)40(65)52-33(21(5)6)41(66)47-22(7)43(68)69/h19-29,33-34,55H,9-18,44H2,1-8H3,(H2,45,56)(H2,46,57)(H,47,66)(H,48,62)(H,49,60)(H,50,63)(H,51,61)(H,52,65)(H,53,64)(H,58,59)(H,68,69)/t22-,23+,24-,25-,26-,27-,28-,29-,33-,34-/m0/s1. The highest BCUT2D eigenvalue weighted by Crippen LogP contribution is 2.21. The second-order valence-corrected chi connectivity index (χ2v) is 18.4. The number of aliphatic hydroxyl groups excluding tert-OH is 1. The zero-order valence-electron chi connectivity index (χ0n) is 40.5. The first-order valence-electron chi connectivity index (χ1n) is 22.8. The van der Waals surface area contributed by atoms with Crippen LogP contribution in [0.4, 0.5) is 0 Å². The third-order valence-corrected chi connectivity index (χ3v) is 10.9. The minimum atomic E-state index is -1.98. The van der Waals surface area contributed by atoms with E-state index in [4.69, 9.17) is 17.2 Å². The maximum Gasteiger partial charge on any atom is 0.325 e. The normalized spacial score (nSPS) is 17.4. The molecule has 0 saturated carbocycles. The Hall–Kier alpha value is -6.44. The molecular weight excluding hydrogens is 911 g/mol. The van der Waals surface area contributed by atoms with Gasteiger partial charge in [0.25, 0.3) is 0 Å². The number of aliphatic hydroxyl groups is 1. The monoisotopic (exact) mass is 984 g/mol. The van der Waals surface area contributed by atoms with Crippen LogP contribution in [0.25, 0.3) is 0 Å². The zero-order chi connectivity index (χ0) is 53.0. The molecule has 10 atom stereocenters. The van der Waals surface area contributed by atoms with Gasteiger partial charge in [0.2, 0.25) is 59.1 Å². The SMILES string of the molecule is CC(C)C[C@H](NC(=O)[C@H](CC(C)C)NC(=O)[C@@H](N)CCC(N)=O)C(=O)N[C@@H](CCC(N)=O)C(=O)N[C@@H](CC(=O)O)C(=O)N[C@H](C(=O)N1CCC[C@H]1C(=O)N[C@H](C(=O)N[C@@H](C)C(=O)O)C(C)C)[C@@H](C)O. The number of carbonyl (C=O) groups is 12. The minimum absolute atomic E-state index is 0.0136. The number of nitrogens with zero attached hydrogens (tertiary/aromatic N) is 1. The van der Waals surface area contributed by atoms with Gasteiger partial charge in [0.15, 0.2) is 0 Å². The molecule has 0 bridgehead atoms. The fourth-order valence-electron chi connectivity index (χ4n) is 7.14. The Labute approximate surface area is 400 Å². The summed E-state index contributed by atoms with van der Waals surface area (Å²) < 4.78 is 0. The molecule has 26 heteroatoms. The fourth-order valence-corrected chi connectivity index (χ4v) is 7.14. The van der Waals surface area contributed by atoms with Crippen LogP contribution in [-0.2, 0) is 57.5 Å². The van der Waals surface area contributed by atoms with Crippen molar-refractivity contribution in [3.05, 3.63) is 0 Å². The van der Waals surface area contributed by atoms with Crippen molar-refractivity contribution in [1.29, 1.82) is 0 Å². The first-order chi connectivity index (χ1) is 32.0. The van der Waals surface area contributed by atoms with Crippen molar-refractivity contribution in [2.75, 3.05) is 6.54 Å². The Balaban J connectivity index is 3.39. The van der Waals surface area contributed by atoms with Crippen molar-refractivity contribution in [3.63, 3.8) is 0 Å². The smallest absolute Gasteiger partial charge is 0.325 e. The van der Waals surface area contributed by atoms with Crippen LogP contribution in [0.15, 0.2) is 0 Å². The van der Waals surface area contributed by atoms with Crippen LogP contribution in [-0.4, -0.2) is 158 Å². The molecule has 0 aromatic heterocycles. The first-order valence-corrected chi connectivity index (χ1v) is 22.8. The molecule has 10 amide bonds. The number of nitrogens with two attached hydrogens (primary N) is 3. The van der Waals surface area contributed by atoms with Crippen LogP contribution in [0.1, 0.15) is 113 Å². The van der Waals surface area contributed by atoms with Crippen LogP contribution in [0, 0.1) is 17.8 Å². The number of hydrogen-bond donors (Lipinski definition) is 13. The number of primary amides is 2. The molecule has 0 aliphatic carbocycles. The van der Waals surface area contributed by atoms with E-state index in [-0.39, 0.29) is 56.9 Å². The summed E-state index contributed by atoms with van der Waals surface area (Å²) in [6, 6.07) is -12.9. The highest BCUT2D eigenvalue weighted by molar-refractivity contribution is 5.99. The fraction of sp³-hybridized carbons (Fsp3) is 0.721. The second kappa shape index (κ2) is 28.8. The lowest BCUT2D eigenvalue weighted by molar-refractivity contribution is -0.146. The molecule has 1 fully saturated rings. The summed E-state index contributed by atoms with van der Waals surface area (Å²) in [6.45, 7) is 12.5. The van der Waals surface area contributed by atoms with Crippen molar-refractivity contribution < 1.29 is 72.9 Å². The molecule has 0 radical (unpaired) electrons. The van der Waals surface area contributed by atoms with E-state index in [1.54, 1.807) is 41.5 Å². The molecule has 1 aliphatic heterocycles. The van der Waals surface area contributed by atoms with Gasteiger partial charge in [-0.3, -0.25) is 57.5 Å². The molecule has 390 valence electrons. The van der Waals surface area contributed by atoms with Crippen LogP contribution in [0.2, 0.25) is 0 Å². The number of aliphatic carboxylic acids is 2. The average Bonchev–Trinajstić information content (AvgIpc) is 3.73. The van der Waals surface area contributed by atoms with Crippen molar-refractivity contribution in [2.45, 2.75) is 174 Å². The van der Waals surface area contributed by atoms with Gasteiger partial charge in [-0.05, 0) is 70.1 Å². The van der Waals surface area contributed by atoms with Crippen LogP contribution < -0.4 is 54.4 Å². The number of amides is 10. The Morgan fingerprint density at radius 3 is 1.51 bits per heavy atom. The van der Waals surface area contributed by atoms with E-state index < -0.39 is 157 Å². The Morgan fingerprint density at radius 2 is 1.04 bits per heavy atom. The van der Waals surface area contributed by atoms with Crippen molar-refractivity contribution in [1.82, 2.24) is 42.1 Å². The van der Waals surface area contributed by atoms with Gasteiger partial charge in [-0.15, -0.1) is 0 Å². The zero-order valence-corrected chi connectivity index (χ0v) is 40.5. The van der Waals surface area contributed by atoms with Crippen molar-refractivity contribution in [3.8, 4) is 0 Å². The largest absolute Gasteiger partial charge is 0.481 e. The lowest BCUT2D eigenvalue weighted by atomic mass is 9.99. The van der Waals surface area contributed by atoms with Crippen LogP contribution in [0.5, 0.6) is 0 Å². The molecule has 1 saturated heterocycles. The molecule has 1 heterocycles. The lowest BCUT2D eigenvalue weighted by Gasteiger charge is -2.32. The molecule has 26 nitrogen and oxygen atoms in total. The van der Waals surface area contributed by atoms with Crippen molar-refractivity contribution >= 4 is 71.0 Å². The topological polar surface area (TPSA) is 431 Å². The summed E-state index contributed by atoms with van der Waals surface area (Å²) in [7, 11) is 0. The Bertz CT molecular complexity index is 1880. The van der Waals surface area contributed by atoms with E-state index in [2.05, 4.69) is 37.2 Å². The van der Waals surface area contributed by atoms with Gasteiger partial charge in [0.1, 0.15) is 48.3 Å². The van der Waals surface area contributed by atoms with Gasteiger partial charge in [0, 0.05) is 19.4 Å². The number of nitrogens with one attached hydrogen (secondary N) is 7. The highest BCUT2D eigenvalue weighted by Gasteiger charge is 2.42. The maximum atomic E-state index is 14.0. The molecular formula is C43H73N11O15. The molecule has 0 aromatic carbocycles. The highest BCUT2D eigenvalue weighted by atomic mass is 16.4. The van der Waals surface area contributed by atoms with Gasteiger partial charge in [-0.25, -0.2) is 0 Å². The van der Waals surface area contributed by atoms with E-state index in [1.807, 2.05) is 0 Å². The Kier molecular flexibility index (Phi) is 25.3. The molecule has 0 spiro atoms. The third kappa shape index (κ3) is 21.2. The van der Waals surface area contributed by atoms with Gasteiger partial charge in [-0.2, -0.15) is 0 Å². The molecule has 0 unspecified atom stereocenters. The van der Waals surface area contributed by atoms with Crippen LogP contribution in [0.3, 0.4) is 0 Å². The molecule has 1 rings (SSSR count). The number of carboxylic acid groups (broad SMARTS) is 2. The number of likely N-dealkylation sites (tertiary alicyclic amines) is 1. The average molecular weight is 984 g/mol. The van der Waals surface area contributed by atoms with Gasteiger partial charge >= 0.3 is 11.9 Å².